The first kappa shape index (κ1) is 13.2. The fourth-order valence-electron chi connectivity index (χ4n) is 0.810. The third kappa shape index (κ3) is 3.29. The van der Waals surface area contributed by atoms with Gasteiger partial charge in [-0.15, -0.1) is 17.9 Å². The van der Waals surface area contributed by atoms with Gasteiger partial charge in [-0.3, -0.25) is 0 Å². The zero-order chi connectivity index (χ0) is 11.6. The molecule has 0 fully saturated rings. The first-order chi connectivity index (χ1) is 6.86. The Labute approximate surface area is 106 Å². The summed E-state index contributed by atoms with van der Waals surface area (Å²) < 4.78 is 26.7. The van der Waals surface area contributed by atoms with Gasteiger partial charge >= 0.3 is 0 Å². The maximum Gasteiger partial charge on any atom is 0.250 e. The Hall–Kier alpha value is 0.120. The number of hydrogen-bond donors (Lipinski definition) is 1. The molecule has 0 aromatic carbocycles. The van der Waals surface area contributed by atoms with Crippen LogP contribution in [0.1, 0.15) is 6.92 Å². The lowest BCUT2D eigenvalue weighted by Gasteiger charge is -2.07. The molecule has 1 N–H and O–H groups in total. The number of nitrogens with one attached hydrogen (secondary N) is 1. The van der Waals surface area contributed by atoms with E-state index in [9.17, 15) is 8.42 Å². The van der Waals surface area contributed by atoms with Crippen LogP contribution in [0.15, 0.2) is 26.7 Å². The second-order valence-corrected chi connectivity index (χ2v) is 7.55. The van der Waals surface area contributed by atoms with Crippen LogP contribution in [0.2, 0.25) is 5.02 Å². The Morgan fingerprint density at radius 3 is 2.73 bits per heavy atom. The molecule has 1 heterocycles. The maximum absolute atomic E-state index is 11.7. The lowest BCUT2D eigenvalue weighted by Crippen LogP contribution is -2.30. The molecule has 1 atom stereocenters. The van der Waals surface area contributed by atoms with Gasteiger partial charge in [-0.1, -0.05) is 17.7 Å². The van der Waals surface area contributed by atoms with Gasteiger partial charge in [0, 0.05) is 6.04 Å². The van der Waals surface area contributed by atoms with Gasteiger partial charge in [-0.2, -0.15) is 0 Å². The van der Waals surface area contributed by atoms with Gasteiger partial charge in [-0.05, 0) is 28.9 Å². The number of rotatable bonds is 4. The van der Waals surface area contributed by atoms with Crippen LogP contribution < -0.4 is 4.72 Å². The van der Waals surface area contributed by atoms with Gasteiger partial charge in [0.15, 0.2) is 0 Å². The Morgan fingerprint density at radius 1 is 1.73 bits per heavy atom. The van der Waals surface area contributed by atoms with Crippen molar-refractivity contribution in [3.8, 4) is 0 Å². The summed E-state index contributed by atoms with van der Waals surface area (Å²) in [4.78, 5) is 0. The van der Waals surface area contributed by atoms with Crippen LogP contribution in [0.3, 0.4) is 0 Å². The zero-order valence-corrected chi connectivity index (χ0v) is 11.8. The van der Waals surface area contributed by atoms with Crippen molar-refractivity contribution in [3.05, 3.63) is 27.5 Å². The molecule has 1 aromatic rings. The molecule has 1 rings (SSSR count). The average Bonchev–Trinajstić information content (AvgIpc) is 2.47. The SMILES string of the molecule is C=CC(C)NS(=O)(=O)c1cc(Cl)c(Br)s1. The van der Waals surface area contributed by atoms with E-state index in [4.69, 9.17) is 11.6 Å². The third-order valence-electron chi connectivity index (χ3n) is 1.58. The minimum Gasteiger partial charge on any atom is -0.206 e. The Balaban J connectivity index is 3.01. The fraction of sp³-hybridized carbons (Fsp3) is 0.250. The molecule has 0 spiro atoms. The lowest BCUT2D eigenvalue weighted by atomic mass is 10.4. The van der Waals surface area contributed by atoms with E-state index in [1.807, 2.05) is 0 Å². The molecular formula is C8H9BrClNO2S2. The molecule has 0 radical (unpaired) electrons. The van der Waals surface area contributed by atoms with Gasteiger partial charge in [0.25, 0.3) is 10.0 Å². The van der Waals surface area contributed by atoms with Crippen LogP contribution in [0.4, 0.5) is 0 Å². The molecule has 0 aliphatic carbocycles. The molecule has 0 aliphatic rings. The van der Waals surface area contributed by atoms with Crippen LogP contribution in [-0.4, -0.2) is 14.5 Å². The standard InChI is InChI=1S/C8H9BrClNO2S2/c1-3-5(2)11-15(12,13)7-4-6(10)8(9)14-7/h3-5,11H,1H2,2H3. The van der Waals surface area contributed by atoms with Crippen molar-refractivity contribution >= 4 is 48.9 Å². The third-order valence-corrected chi connectivity index (χ3v) is 6.09. The number of thiophene rings is 1. The lowest BCUT2D eigenvalue weighted by molar-refractivity contribution is 0.578. The fourth-order valence-corrected chi connectivity index (χ4v) is 4.44. The summed E-state index contributed by atoms with van der Waals surface area (Å²) in [6.45, 7) is 5.21. The number of sulfonamides is 1. The van der Waals surface area contributed by atoms with Crippen molar-refractivity contribution in [2.45, 2.75) is 17.2 Å². The van der Waals surface area contributed by atoms with E-state index in [0.717, 1.165) is 11.3 Å². The molecule has 0 saturated carbocycles. The van der Waals surface area contributed by atoms with E-state index < -0.39 is 10.0 Å². The average molecular weight is 331 g/mol. The monoisotopic (exact) mass is 329 g/mol. The Morgan fingerprint density at radius 2 is 2.33 bits per heavy atom. The summed E-state index contributed by atoms with van der Waals surface area (Å²) in [5.41, 5.74) is 0. The van der Waals surface area contributed by atoms with Crippen LogP contribution in [0.5, 0.6) is 0 Å². The molecule has 84 valence electrons. The second-order valence-electron chi connectivity index (χ2n) is 2.83. The van der Waals surface area contributed by atoms with Gasteiger partial charge in [0.2, 0.25) is 0 Å². The predicted molar refractivity (Wildman–Crippen MR) is 67.0 cm³/mol. The molecule has 1 unspecified atom stereocenters. The molecule has 0 aliphatic heterocycles. The van der Waals surface area contributed by atoms with E-state index in [-0.39, 0.29) is 10.3 Å². The largest absolute Gasteiger partial charge is 0.250 e. The summed E-state index contributed by atoms with van der Waals surface area (Å²) >= 11 is 10.00. The highest BCUT2D eigenvalue weighted by molar-refractivity contribution is 9.11. The topological polar surface area (TPSA) is 46.2 Å². The van der Waals surface area contributed by atoms with Gasteiger partial charge in [0.1, 0.15) is 4.21 Å². The van der Waals surface area contributed by atoms with Crippen molar-refractivity contribution in [2.75, 3.05) is 0 Å². The van der Waals surface area contributed by atoms with Crippen LogP contribution in [0, 0.1) is 0 Å². The summed E-state index contributed by atoms with van der Waals surface area (Å²) in [5.74, 6) is 0. The molecule has 0 saturated heterocycles. The number of halogens is 2. The van der Waals surface area contributed by atoms with Crippen molar-refractivity contribution in [3.63, 3.8) is 0 Å². The molecule has 3 nitrogen and oxygen atoms in total. The van der Waals surface area contributed by atoms with Gasteiger partial charge in [0.05, 0.1) is 8.81 Å². The molecule has 7 heteroatoms. The van der Waals surface area contributed by atoms with Gasteiger partial charge < -0.3 is 0 Å². The van der Waals surface area contributed by atoms with Crippen LogP contribution >= 0.6 is 38.9 Å². The Bertz CT molecular complexity index is 449. The molecule has 15 heavy (non-hydrogen) atoms. The molecule has 0 bridgehead atoms. The molecular weight excluding hydrogens is 322 g/mol. The Kier molecular flexibility index (Phi) is 4.37. The summed E-state index contributed by atoms with van der Waals surface area (Å²) in [6, 6.07) is 1.10. The minimum atomic E-state index is -3.49. The highest BCUT2D eigenvalue weighted by Gasteiger charge is 2.19. The van der Waals surface area contributed by atoms with E-state index in [1.54, 1.807) is 6.92 Å². The molecule has 0 amide bonds. The van der Waals surface area contributed by atoms with E-state index in [1.165, 1.54) is 12.1 Å². The zero-order valence-electron chi connectivity index (χ0n) is 7.83. The number of hydrogen-bond acceptors (Lipinski definition) is 3. The van der Waals surface area contributed by atoms with Crippen LogP contribution in [0.25, 0.3) is 0 Å². The van der Waals surface area contributed by atoms with E-state index in [2.05, 4.69) is 27.2 Å². The first-order valence-corrected chi connectivity index (χ1v) is 7.43. The maximum atomic E-state index is 11.7. The quantitative estimate of drug-likeness (QED) is 0.863. The first-order valence-electron chi connectivity index (χ1n) is 3.96. The summed E-state index contributed by atoms with van der Waals surface area (Å²) in [6.07, 6.45) is 1.52. The highest BCUT2D eigenvalue weighted by atomic mass is 79.9. The molecule has 1 aromatic heterocycles. The van der Waals surface area contributed by atoms with Gasteiger partial charge in [-0.25, -0.2) is 13.1 Å². The van der Waals surface area contributed by atoms with Crippen molar-refractivity contribution in [2.24, 2.45) is 0 Å². The van der Waals surface area contributed by atoms with Crippen molar-refractivity contribution < 1.29 is 8.42 Å². The summed E-state index contributed by atoms with van der Waals surface area (Å²) in [7, 11) is -3.49. The van der Waals surface area contributed by atoms with Crippen molar-refractivity contribution in [1.29, 1.82) is 0 Å². The normalized spacial score (nSPS) is 13.8. The minimum absolute atomic E-state index is 0.188. The second kappa shape index (κ2) is 4.97. The van der Waals surface area contributed by atoms with E-state index in [0.29, 0.717) is 8.81 Å². The predicted octanol–water partition coefficient (Wildman–Crippen LogP) is 3.02. The summed E-state index contributed by atoms with van der Waals surface area (Å²) in [5, 5.41) is 0.395. The van der Waals surface area contributed by atoms with Crippen molar-refractivity contribution in [1.82, 2.24) is 4.72 Å². The highest BCUT2D eigenvalue weighted by Crippen LogP contribution is 2.34. The smallest absolute Gasteiger partial charge is 0.206 e. The van der Waals surface area contributed by atoms with Crippen LogP contribution in [-0.2, 0) is 10.0 Å². The van der Waals surface area contributed by atoms with E-state index >= 15 is 0 Å².